The van der Waals surface area contributed by atoms with Crippen LogP contribution >= 0.6 is 0 Å². The number of ether oxygens (including phenoxy) is 1. The SMILES string of the molecule is CC(=O)Nc1ccc(CNCCCOCC(C)C)cc1. The Labute approximate surface area is 121 Å². The molecule has 0 radical (unpaired) electrons. The summed E-state index contributed by atoms with van der Waals surface area (Å²) in [4.78, 5) is 10.9. The molecule has 0 saturated heterocycles. The zero-order valence-corrected chi connectivity index (χ0v) is 12.7. The lowest BCUT2D eigenvalue weighted by Gasteiger charge is -2.08. The van der Waals surface area contributed by atoms with Gasteiger partial charge in [0.05, 0.1) is 0 Å². The van der Waals surface area contributed by atoms with Crippen molar-refractivity contribution < 1.29 is 9.53 Å². The molecule has 0 fully saturated rings. The van der Waals surface area contributed by atoms with Gasteiger partial charge >= 0.3 is 0 Å². The fraction of sp³-hybridized carbons (Fsp3) is 0.562. The molecule has 1 rings (SSSR count). The molecule has 0 aromatic heterocycles. The van der Waals surface area contributed by atoms with Crippen molar-refractivity contribution in [2.45, 2.75) is 33.7 Å². The third kappa shape index (κ3) is 7.92. The van der Waals surface area contributed by atoms with Gasteiger partial charge in [-0.2, -0.15) is 0 Å². The van der Waals surface area contributed by atoms with Gasteiger partial charge in [0.25, 0.3) is 0 Å². The van der Waals surface area contributed by atoms with E-state index in [2.05, 4.69) is 24.5 Å². The molecule has 0 aliphatic heterocycles. The average Bonchev–Trinajstić information content (AvgIpc) is 2.38. The number of hydrogen-bond acceptors (Lipinski definition) is 3. The fourth-order valence-electron chi connectivity index (χ4n) is 1.76. The summed E-state index contributed by atoms with van der Waals surface area (Å²) in [5.41, 5.74) is 2.05. The number of hydrogen-bond donors (Lipinski definition) is 2. The van der Waals surface area contributed by atoms with Crippen LogP contribution in [0.1, 0.15) is 32.8 Å². The van der Waals surface area contributed by atoms with E-state index >= 15 is 0 Å². The van der Waals surface area contributed by atoms with Gasteiger partial charge in [0.1, 0.15) is 0 Å². The minimum atomic E-state index is -0.0442. The molecule has 1 amide bonds. The number of nitrogens with one attached hydrogen (secondary N) is 2. The molecule has 1 aromatic rings. The minimum Gasteiger partial charge on any atom is -0.381 e. The first-order valence-corrected chi connectivity index (χ1v) is 7.23. The van der Waals surface area contributed by atoms with Crippen molar-refractivity contribution in [3.63, 3.8) is 0 Å². The molecule has 0 aliphatic carbocycles. The molecule has 4 heteroatoms. The van der Waals surface area contributed by atoms with Crippen LogP contribution in [0.3, 0.4) is 0 Å². The lowest BCUT2D eigenvalue weighted by molar-refractivity contribution is -0.114. The quantitative estimate of drug-likeness (QED) is 0.683. The van der Waals surface area contributed by atoms with E-state index in [4.69, 9.17) is 4.74 Å². The Morgan fingerprint density at radius 1 is 1.25 bits per heavy atom. The molecule has 0 spiro atoms. The second kappa shape index (κ2) is 9.50. The Morgan fingerprint density at radius 3 is 2.55 bits per heavy atom. The van der Waals surface area contributed by atoms with Crippen molar-refractivity contribution in [3.05, 3.63) is 29.8 Å². The molecular formula is C16H26N2O2. The number of carbonyl (C=O) groups excluding carboxylic acids is 1. The Hall–Kier alpha value is -1.39. The van der Waals surface area contributed by atoms with Crippen LogP contribution in [0.25, 0.3) is 0 Å². The van der Waals surface area contributed by atoms with Gasteiger partial charge < -0.3 is 15.4 Å². The topological polar surface area (TPSA) is 50.4 Å². The monoisotopic (exact) mass is 278 g/mol. The van der Waals surface area contributed by atoms with Crippen LogP contribution in [0, 0.1) is 5.92 Å². The standard InChI is InChI=1S/C16H26N2O2/c1-13(2)12-20-10-4-9-17-11-15-5-7-16(8-6-15)18-14(3)19/h5-8,13,17H,4,9-12H2,1-3H3,(H,18,19). The van der Waals surface area contributed by atoms with E-state index in [-0.39, 0.29) is 5.91 Å². The van der Waals surface area contributed by atoms with Crippen LogP contribution in [0.15, 0.2) is 24.3 Å². The molecule has 0 atom stereocenters. The first kappa shape index (κ1) is 16.7. The van der Waals surface area contributed by atoms with Crippen molar-refractivity contribution >= 4 is 11.6 Å². The minimum absolute atomic E-state index is 0.0442. The van der Waals surface area contributed by atoms with E-state index < -0.39 is 0 Å². The predicted octanol–water partition coefficient (Wildman–Crippen LogP) is 2.80. The predicted molar refractivity (Wildman–Crippen MR) is 82.7 cm³/mol. The third-order valence-electron chi connectivity index (χ3n) is 2.70. The van der Waals surface area contributed by atoms with Crippen molar-refractivity contribution in [2.24, 2.45) is 5.92 Å². The maximum atomic E-state index is 10.9. The van der Waals surface area contributed by atoms with Crippen LogP contribution in [-0.2, 0) is 16.1 Å². The molecule has 0 saturated carbocycles. The van der Waals surface area contributed by atoms with E-state index in [1.54, 1.807) is 0 Å². The van der Waals surface area contributed by atoms with Crippen molar-refractivity contribution in [1.29, 1.82) is 0 Å². The lowest BCUT2D eigenvalue weighted by Crippen LogP contribution is -2.17. The summed E-state index contributed by atoms with van der Waals surface area (Å²) in [5.74, 6) is 0.558. The zero-order chi connectivity index (χ0) is 14.8. The smallest absolute Gasteiger partial charge is 0.221 e. The summed E-state index contributed by atoms with van der Waals surface area (Å²) in [5, 5.41) is 6.14. The van der Waals surface area contributed by atoms with Crippen LogP contribution in [0.4, 0.5) is 5.69 Å². The first-order chi connectivity index (χ1) is 9.58. The van der Waals surface area contributed by atoms with Gasteiger partial charge in [-0.3, -0.25) is 4.79 Å². The van der Waals surface area contributed by atoms with E-state index in [1.807, 2.05) is 24.3 Å². The van der Waals surface area contributed by atoms with E-state index in [0.717, 1.165) is 38.4 Å². The highest BCUT2D eigenvalue weighted by atomic mass is 16.5. The molecule has 0 aliphatic rings. The summed E-state index contributed by atoms with van der Waals surface area (Å²) in [7, 11) is 0. The molecule has 4 nitrogen and oxygen atoms in total. The summed E-state index contributed by atoms with van der Waals surface area (Å²) >= 11 is 0. The summed E-state index contributed by atoms with van der Waals surface area (Å²) in [6.07, 6.45) is 1.02. The van der Waals surface area contributed by atoms with Gasteiger partial charge in [-0.25, -0.2) is 0 Å². The van der Waals surface area contributed by atoms with Gasteiger partial charge in [-0.1, -0.05) is 26.0 Å². The number of rotatable bonds is 9. The number of anilines is 1. The Balaban J connectivity index is 2.11. The molecule has 2 N–H and O–H groups in total. The highest BCUT2D eigenvalue weighted by Gasteiger charge is 1.97. The van der Waals surface area contributed by atoms with Crippen molar-refractivity contribution in [1.82, 2.24) is 5.32 Å². The van der Waals surface area contributed by atoms with Crippen LogP contribution in [-0.4, -0.2) is 25.7 Å². The molecule has 0 unspecified atom stereocenters. The maximum absolute atomic E-state index is 10.9. The van der Waals surface area contributed by atoms with Crippen molar-refractivity contribution in [2.75, 3.05) is 25.1 Å². The highest BCUT2D eigenvalue weighted by molar-refractivity contribution is 5.88. The van der Waals surface area contributed by atoms with E-state index in [1.165, 1.54) is 12.5 Å². The van der Waals surface area contributed by atoms with Gasteiger partial charge in [-0.15, -0.1) is 0 Å². The summed E-state index contributed by atoms with van der Waals surface area (Å²) in [6.45, 7) is 9.26. The zero-order valence-electron chi connectivity index (χ0n) is 12.7. The second-order valence-electron chi connectivity index (χ2n) is 5.38. The van der Waals surface area contributed by atoms with Gasteiger partial charge in [0.15, 0.2) is 0 Å². The largest absolute Gasteiger partial charge is 0.381 e. The molecule has 0 heterocycles. The van der Waals surface area contributed by atoms with Gasteiger partial charge in [0.2, 0.25) is 5.91 Å². The van der Waals surface area contributed by atoms with E-state index in [0.29, 0.717) is 5.92 Å². The number of benzene rings is 1. The van der Waals surface area contributed by atoms with Crippen LogP contribution in [0.5, 0.6) is 0 Å². The maximum Gasteiger partial charge on any atom is 0.221 e. The van der Waals surface area contributed by atoms with Gasteiger partial charge in [-0.05, 0) is 36.6 Å². The van der Waals surface area contributed by atoms with E-state index in [9.17, 15) is 4.79 Å². The lowest BCUT2D eigenvalue weighted by atomic mass is 10.2. The Morgan fingerprint density at radius 2 is 1.95 bits per heavy atom. The van der Waals surface area contributed by atoms with Crippen LogP contribution < -0.4 is 10.6 Å². The highest BCUT2D eigenvalue weighted by Crippen LogP contribution is 2.09. The number of carbonyl (C=O) groups is 1. The van der Waals surface area contributed by atoms with Crippen LogP contribution in [0.2, 0.25) is 0 Å². The Bertz CT molecular complexity index is 388. The molecular weight excluding hydrogens is 252 g/mol. The third-order valence-corrected chi connectivity index (χ3v) is 2.70. The average molecular weight is 278 g/mol. The molecule has 1 aromatic carbocycles. The van der Waals surface area contributed by atoms with Crippen molar-refractivity contribution in [3.8, 4) is 0 Å². The Kier molecular flexibility index (Phi) is 7.92. The first-order valence-electron chi connectivity index (χ1n) is 7.23. The number of amides is 1. The van der Waals surface area contributed by atoms with Gasteiger partial charge in [0, 0.05) is 32.4 Å². The molecule has 112 valence electrons. The fourth-order valence-corrected chi connectivity index (χ4v) is 1.76. The summed E-state index contributed by atoms with van der Waals surface area (Å²) < 4.78 is 5.52. The summed E-state index contributed by atoms with van der Waals surface area (Å²) in [6, 6.07) is 7.88. The normalized spacial score (nSPS) is 10.8. The second-order valence-corrected chi connectivity index (χ2v) is 5.38. The molecule has 20 heavy (non-hydrogen) atoms. The molecule has 0 bridgehead atoms.